The zero-order valence-corrected chi connectivity index (χ0v) is 24.8. The fraction of sp³-hybridized carbons (Fsp3) is 0.158. The SMILES string of the molecule is c1ccc2c(c1)Sc1ccc(-c3nc(-c4ccc5c(c4)sc4ccccc45)c4ccccc4n3)cc1C21CCCCC1. The van der Waals surface area contributed by atoms with Crippen LogP contribution in [-0.4, -0.2) is 9.97 Å². The van der Waals surface area contributed by atoms with Crippen molar-refractivity contribution in [1.29, 1.82) is 0 Å². The molecule has 1 spiro atoms. The molecule has 2 aliphatic rings. The van der Waals surface area contributed by atoms with Crippen LogP contribution in [0.3, 0.4) is 0 Å². The summed E-state index contributed by atoms with van der Waals surface area (Å²) in [5.41, 5.74) is 7.29. The van der Waals surface area contributed by atoms with Crippen LogP contribution in [0.2, 0.25) is 0 Å². The average Bonchev–Trinajstić information content (AvgIpc) is 3.43. The van der Waals surface area contributed by atoms with E-state index in [1.807, 2.05) is 23.1 Å². The van der Waals surface area contributed by atoms with Crippen LogP contribution in [0.1, 0.15) is 43.2 Å². The van der Waals surface area contributed by atoms with E-state index in [1.54, 1.807) is 0 Å². The van der Waals surface area contributed by atoms with Gasteiger partial charge in [-0.2, -0.15) is 0 Å². The van der Waals surface area contributed by atoms with Crippen molar-refractivity contribution in [3.8, 4) is 22.6 Å². The largest absolute Gasteiger partial charge is 0.228 e. The van der Waals surface area contributed by atoms with Crippen molar-refractivity contribution < 1.29 is 0 Å². The smallest absolute Gasteiger partial charge is 0.160 e. The Labute approximate surface area is 253 Å². The van der Waals surface area contributed by atoms with Crippen LogP contribution < -0.4 is 0 Å². The van der Waals surface area contributed by atoms with Crippen molar-refractivity contribution in [2.75, 3.05) is 0 Å². The van der Waals surface area contributed by atoms with Gasteiger partial charge in [0.1, 0.15) is 0 Å². The molecule has 0 unspecified atom stereocenters. The summed E-state index contributed by atoms with van der Waals surface area (Å²) in [6, 6.07) is 40.0. The molecular weight excluding hydrogens is 549 g/mol. The number of rotatable bonds is 2. The first-order valence-corrected chi connectivity index (χ1v) is 16.5. The second-order valence-electron chi connectivity index (χ2n) is 11.7. The minimum Gasteiger partial charge on any atom is -0.228 e. The fourth-order valence-electron chi connectivity index (χ4n) is 7.34. The third kappa shape index (κ3) is 3.71. The van der Waals surface area contributed by atoms with Crippen LogP contribution in [0.25, 0.3) is 53.7 Å². The summed E-state index contributed by atoms with van der Waals surface area (Å²) in [6.07, 6.45) is 6.30. The van der Waals surface area contributed by atoms with Crippen LogP contribution in [-0.2, 0) is 5.41 Å². The minimum atomic E-state index is 0.0807. The summed E-state index contributed by atoms with van der Waals surface area (Å²) >= 11 is 3.77. The molecule has 0 atom stereocenters. The number of nitrogens with zero attached hydrogens (tertiary/aromatic N) is 2. The zero-order chi connectivity index (χ0) is 27.7. The fourth-order valence-corrected chi connectivity index (χ4v) is 9.74. The molecular formula is C38H28N2S2. The molecule has 9 rings (SSSR count). The van der Waals surface area contributed by atoms with Gasteiger partial charge in [-0.05, 0) is 60.4 Å². The molecule has 42 heavy (non-hydrogen) atoms. The molecule has 0 bridgehead atoms. The molecule has 0 N–H and O–H groups in total. The first-order chi connectivity index (χ1) is 20.8. The Hall–Kier alpha value is -3.99. The predicted molar refractivity (Wildman–Crippen MR) is 178 cm³/mol. The molecule has 1 aliphatic carbocycles. The van der Waals surface area contributed by atoms with Crippen LogP contribution in [0.4, 0.5) is 0 Å². The van der Waals surface area contributed by atoms with Crippen molar-refractivity contribution in [2.45, 2.75) is 47.3 Å². The third-order valence-corrected chi connectivity index (χ3v) is 11.6. The lowest BCUT2D eigenvalue weighted by atomic mass is 9.65. The summed E-state index contributed by atoms with van der Waals surface area (Å²) in [5, 5.41) is 3.72. The number of thiophene rings is 1. The standard InChI is InChI=1S/C38H28N2S2/c1-8-20-38(21-9-1)29-12-4-7-15-33(29)42-34-19-17-25(22-30(34)38)37-39-31-13-5-2-11-28(31)36(40-37)24-16-18-27-26-10-3-6-14-32(26)41-35(27)23-24/h2-7,10-19,22-23H,1,8-9,20-21H2. The quantitative estimate of drug-likeness (QED) is 0.205. The maximum atomic E-state index is 5.32. The van der Waals surface area contributed by atoms with Gasteiger partial charge >= 0.3 is 0 Å². The Bertz CT molecular complexity index is 2170. The van der Waals surface area contributed by atoms with Gasteiger partial charge in [-0.3, -0.25) is 0 Å². The van der Waals surface area contributed by atoms with Crippen molar-refractivity contribution in [3.05, 3.63) is 120 Å². The molecule has 2 nitrogen and oxygen atoms in total. The third-order valence-electron chi connectivity index (χ3n) is 9.34. The van der Waals surface area contributed by atoms with E-state index in [0.717, 1.165) is 33.5 Å². The number of hydrogen-bond acceptors (Lipinski definition) is 4. The lowest BCUT2D eigenvalue weighted by Gasteiger charge is -2.43. The van der Waals surface area contributed by atoms with Gasteiger partial charge in [0, 0.05) is 51.9 Å². The number of fused-ring (bicyclic) bond motifs is 8. The number of aromatic nitrogens is 2. The summed E-state index contributed by atoms with van der Waals surface area (Å²) < 4.78 is 2.62. The number of benzene rings is 5. The van der Waals surface area contributed by atoms with E-state index >= 15 is 0 Å². The molecule has 202 valence electrons. The summed E-state index contributed by atoms with van der Waals surface area (Å²) in [6.45, 7) is 0. The highest BCUT2D eigenvalue weighted by molar-refractivity contribution is 7.99. The summed E-state index contributed by atoms with van der Waals surface area (Å²) in [4.78, 5) is 13.3. The van der Waals surface area contributed by atoms with E-state index in [1.165, 1.54) is 73.2 Å². The average molecular weight is 577 g/mol. The maximum absolute atomic E-state index is 5.32. The molecule has 2 aromatic heterocycles. The van der Waals surface area contributed by atoms with Gasteiger partial charge in [-0.1, -0.05) is 104 Å². The van der Waals surface area contributed by atoms with Gasteiger partial charge < -0.3 is 0 Å². The number of para-hydroxylation sites is 1. The van der Waals surface area contributed by atoms with Gasteiger partial charge in [0.2, 0.25) is 0 Å². The Morgan fingerprint density at radius 2 is 1.29 bits per heavy atom. The Morgan fingerprint density at radius 3 is 2.21 bits per heavy atom. The molecule has 1 fully saturated rings. The highest BCUT2D eigenvalue weighted by Crippen LogP contribution is 2.55. The highest BCUT2D eigenvalue weighted by atomic mass is 32.2. The van der Waals surface area contributed by atoms with E-state index in [4.69, 9.17) is 9.97 Å². The summed E-state index contributed by atoms with van der Waals surface area (Å²) in [7, 11) is 0. The first-order valence-electron chi connectivity index (χ1n) is 14.9. The second-order valence-corrected chi connectivity index (χ2v) is 13.8. The molecule has 0 amide bonds. The molecule has 3 heterocycles. The maximum Gasteiger partial charge on any atom is 0.160 e. The van der Waals surface area contributed by atoms with Crippen LogP contribution in [0.15, 0.2) is 119 Å². The molecule has 5 aromatic carbocycles. The first kappa shape index (κ1) is 24.6. The second kappa shape index (κ2) is 9.52. The predicted octanol–water partition coefficient (Wildman–Crippen LogP) is 11.0. The lowest BCUT2D eigenvalue weighted by molar-refractivity contribution is 0.335. The van der Waals surface area contributed by atoms with Crippen LogP contribution in [0.5, 0.6) is 0 Å². The van der Waals surface area contributed by atoms with Gasteiger partial charge in [0.25, 0.3) is 0 Å². The van der Waals surface area contributed by atoms with E-state index in [0.29, 0.717) is 0 Å². The molecule has 1 aliphatic heterocycles. The Morgan fingerprint density at radius 1 is 0.548 bits per heavy atom. The van der Waals surface area contributed by atoms with E-state index in [-0.39, 0.29) is 5.41 Å². The van der Waals surface area contributed by atoms with Crippen LogP contribution >= 0.6 is 23.1 Å². The molecule has 0 radical (unpaired) electrons. The van der Waals surface area contributed by atoms with Gasteiger partial charge in [0.05, 0.1) is 11.2 Å². The normalized spacial score (nSPS) is 15.7. The summed E-state index contributed by atoms with van der Waals surface area (Å²) in [5.74, 6) is 0.803. The van der Waals surface area contributed by atoms with E-state index in [9.17, 15) is 0 Å². The van der Waals surface area contributed by atoms with E-state index < -0.39 is 0 Å². The van der Waals surface area contributed by atoms with Gasteiger partial charge in [-0.15, -0.1) is 11.3 Å². The van der Waals surface area contributed by atoms with Crippen molar-refractivity contribution in [1.82, 2.24) is 9.97 Å². The Kier molecular flexibility index (Phi) is 5.57. The molecule has 0 saturated heterocycles. The zero-order valence-electron chi connectivity index (χ0n) is 23.1. The van der Waals surface area contributed by atoms with Gasteiger partial charge in [0.15, 0.2) is 5.82 Å². The molecule has 4 heteroatoms. The monoisotopic (exact) mass is 576 g/mol. The van der Waals surface area contributed by atoms with Gasteiger partial charge in [-0.25, -0.2) is 9.97 Å². The van der Waals surface area contributed by atoms with Crippen molar-refractivity contribution in [3.63, 3.8) is 0 Å². The van der Waals surface area contributed by atoms with Crippen molar-refractivity contribution in [2.24, 2.45) is 0 Å². The van der Waals surface area contributed by atoms with Crippen LogP contribution in [0, 0.1) is 0 Å². The highest BCUT2D eigenvalue weighted by Gasteiger charge is 2.41. The molecule has 7 aromatic rings. The van der Waals surface area contributed by atoms with E-state index in [2.05, 4.69) is 109 Å². The lowest BCUT2D eigenvalue weighted by Crippen LogP contribution is -2.33. The topological polar surface area (TPSA) is 25.8 Å². The Balaban J connectivity index is 1.23. The van der Waals surface area contributed by atoms with Crippen molar-refractivity contribution >= 4 is 54.2 Å². The minimum absolute atomic E-state index is 0.0807. The molecule has 1 saturated carbocycles. The number of hydrogen-bond donors (Lipinski definition) is 0.